The summed E-state index contributed by atoms with van der Waals surface area (Å²) < 4.78 is 11.0. The van der Waals surface area contributed by atoms with Gasteiger partial charge in [0.25, 0.3) is 0 Å². The van der Waals surface area contributed by atoms with Crippen LogP contribution in [0.5, 0.6) is 0 Å². The van der Waals surface area contributed by atoms with Gasteiger partial charge in [0.2, 0.25) is 0 Å². The second kappa shape index (κ2) is 8.52. The van der Waals surface area contributed by atoms with E-state index in [2.05, 4.69) is 11.0 Å². The number of anilines is 1. The molecule has 0 atom stereocenters. The van der Waals surface area contributed by atoms with Crippen molar-refractivity contribution in [2.45, 2.75) is 26.6 Å². The van der Waals surface area contributed by atoms with Gasteiger partial charge in [0.15, 0.2) is 6.29 Å². The molecular weight excluding hydrogens is 240 g/mol. The van der Waals surface area contributed by atoms with E-state index in [1.165, 1.54) is 0 Å². The molecule has 0 fully saturated rings. The number of ether oxygens (including phenoxy) is 2. The Bertz CT molecular complexity index is 409. The Kier molecular flexibility index (Phi) is 6.94. The summed E-state index contributed by atoms with van der Waals surface area (Å²) >= 11 is 0. The van der Waals surface area contributed by atoms with Gasteiger partial charge in [0.1, 0.15) is 6.07 Å². The third-order valence-corrected chi connectivity index (χ3v) is 2.84. The maximum absolute atomic E-state index is 9.09. The zero-order chi connectivity index (χ0) is 14.1. The van der Waals surface area contributed by atoms with Gasteiger partial charge in [0, 0.05) is 33.2 Å². The summed E-state index contributed by atoms with van der Waals surface area (Å²) in [6.07, 6.45) is 0.601. The summed E-state index contributed by atoms with van der Waals surface area (Å²) in [7, 11) is 1.98. The van der Waals surface area contributed by atoms with Crippen LogP contribution in [0.2, 0.25) is 0 Å². The first-order chi connectivity index (χ1) is 9.22. The molecule has 0 aliphatic heterocycles. The molecule has 1 rings (SSSR count). The molecule has 1 aromatic carbocycles. The van der Waals surface area contributed by atoms with Crippen LogP contribution in [0.4, 0.5) is 5.69 Å². The third-order valence-electron chi connectivity index (χ3n) is 2.84. The van der Waals surface area contributed by atoms with E-state index in [1.54, 1.807) is 0 Å². The van der Waals surface area contributed by atoms with E-state index in [0.717, 1.165) is 18.7 Å². The molecule has 0 radical (unpaired) electrons. The molecular formula is C15H22N2O2. The molecule has 4 nitrogen and oxygen atoms in total. The van der Waals surface area contributed by atoms with Crippen molar-refractivity contribution in [1.82, 2.24) is 0 Å². The molecule has 0 saturated carbocycles. The van der Waals surface area contributed by atoms with Crippen molar-refractivity contribution >= 4 is 5.69 Å². The maximum atomic E-state index is 9.09. The molecule has 4 heteroatoms. The minimum atomic E-state index is -0.174. The zero-order valence-corrected chi connectivity index (χ0v) is 11.9. The van der Waals surface area contributed by atoms with Gasteiger partial charge in [-0.15, -0.1) is 0 Å². The van der Waals surface area contributed by atoms with Crippen molar-refractivity contribution in [2.24, 2.45) is 0 Å². The van der Waals surface area contributed by atoms with E-state index in [-0.39, 0.29) is 6.29 Å². The van der Waals surface area contributed by atoms with Crippen LogP contribution in [-0.4, -0.2) is 33.1 Å². The molecule has 0 spiro atoms. The van der Waals surface area contributed by atoms with E-state index < -0.39 is 0 Å². The van der Waals surface area contributed by atoms with E-state index in [1.807, 2.05) is 45.2 Å². The average molecular weight is 262 g/mol. The molecule has 0 bridgehead atoms. The molecule has 104 valence electrons. The first-order valence-corrected chi connectivity index (χ1v) is 6.66. The number of benzene rings is 1. The molecule has 0 amide bonds. The fraction of sp³-hybridized carbons (Fsp3) is 0.533. The second-order valence-electron chi connectivity index (χ2n) is 4.18. The largest absolute Gasteiger partial charge is 0.373 e. The molecule has 0 aromatic heterocycles. The van der Waals surface area contributed by atoms with Crippen LogP contribution < -0.4 is 4.90 Å². The highest BCUT2D eigenvalue weighted by molar-refractivity contribution is 5.58. The fourth-order valence-electron chi connectivity index (χ4n) is 1.91. The van der Waals surface area contributed by atoms with Crippen molar-refractivity contribution in [3.05, 3.63) is 29.8 Å². The minimum absolute atomic E-state index is 0.174. The highest BCUT2D eigenvalue weighted by atomic mass is 16.7. The van der Waals surface area contributed by atoms with Gasteiger partial charge in [-0.1, -0.05) is 12.1 Å². The predicted molar refractivity (Wildman–Crippen MR) is 76.1 cm³/mol. The lowest BCUT2D eigenvalue weighted by Gasteiger charge is -2.23. The van der Waals surface area contributed by atoms with Crippen LogP contribution in [0, 0.1) is 11.3 Å². The van der Waals surface area contributed by atoms with Crippen molar-refractivity contribution in [2.75, 3.05) is 31.7 Å². The molecule has 0 aliphatic rings. The van der Waals surface area contributed by atoms with E-state index in [9.17, 15) is 0 Å². The number of hydrogen-bond donors (Lipinski definition) is 0. The van der Waals surface area contributed by atoms with Gasteiger partial charge >= 0.3 is 0 Å². The summed E-state index contributed by atoms with van der Waals surface area (Å²) in [5.74, 6) is 0. The first kappa shape index (κ1) is 15.5. The molecule has 0 saturated heterocycles. The van der Waals surface area contributed by atoms with Crippen molar-refractivity contribution < 1.29 is 9.47 Å². The van der Waals surface area contributed by atoms with E-state index in [0.29, 0.717) is 18.8 Å². The Morgan fingerprint density at radius 1 is 1.21 bits per heavy atom. The number of nitrogens with zero attached hydrogens (tertiary/aromatic N) is 2. The third kappa shape index (κ3) is 4.90. The number of hydrogen-bond acceptors (Lipinski definition) is 4. The Morgan fingerprint density at radius 3 is 2.42 bits per heavy atom. The summed E-state index contributed by atoms with van der Waals surface area (Å²) in [6.45, 7) is 5.98. The summed E-state index contributed by atoms with van der Waals surface area (Å²) in [6, 6.07) is 9.81. The van der Waals surface area contributed by atoms with Gasteiger partial charge in [-0.05, 0) is 26.0 Å². The lowest BCUT2D eigenvalue weighted by Crippen LogP contribution is -2.26. The fourth-order valence-corrected chi connectivity index (χ4v) is 1.91. The lowest BCUT2D eigenvalue weighted by molar-refractivity contribution is -0.137. The number of nitriles is 1. The van der Waals surface area contributed by atoms with Crippen molar-refractivity contribution in [3.63, 3.8) is 0 Å². The van der Waals surface area contributed by atoms with Crippen LogP contribution in [0.25, 0.3) is 0 Å². The smallest absolute Gasteiger partial charge is 0.159 e. The van der Waals surface area contributed by atoms with E-state index in [4.69, 9.17) is 14.7 Å². The monoisotopic (exact) mass is 262 g/mol. The summed E-state index contributed by atoms with van der Waals surface area (Å²) in [5, 5.41) is 9.09. The Morgan fingerprint density at radius 2 is 1.84 bits per heavy atom. The second-order valence-corrected chi connectivity index (χ2v) is 4.18. The summed E-state index contributed by atoms with van der Waals surface area (Å²) in [4.78, 5) is 2.06. The lowest BCUT2D eigenvalue weighted by atomic mass is 10.2. The Balaban J connectivity index is 2.59. The first-order valence-electron chi connectivity index (χ1n) is 6.66. The van der Waals surface area contributed by atoms with Gasteiger partial charge in [-0.3, -0.25) is 0 Å². The molecule has 0 unspecified atom stereocenters. The Labute approximate surface area is 115 Å². The minimum Gasteiger partial charge on any atom is -0.373 e. The van der Waals surface area contributed by atoms with Crippen LogP contribution in [0.3, 0.4) is 0 Å². The van der Waals surface area contributed by atoms with Crippen molar-refractivity contribution in [3.8, 4) is 6.07 Å². The molecule has 0 N–H and O–H groups in total. The normalized spacial score (nSPS) is 10.5. The van der Waals surface area contributed by atoms with E-state index >= 15 is 0 Å². The van der Waals surface area contributed by atoms with Crippen LogP contribution in [-0.2, 0) is 9.47 Å². The molecule has 0 aliphatic carbocycles. The molecule has 19 heavy (non-hydrogen) atoms. The average Bonchev–Trinajstić information content (AvgIpc) is 2.44. The van der Waals surface area contributed by atoms with Gasteiger partial charge in [-0.25, -0.2) is 0 Å². The van der Waals surface area contributed by atoms with Gasteiger partial charge in [-0.2, -0.15) is 5.26 Å². The van der Waals surface area contributed by atoms with Crippen LogP contribution >= 0.6 is 0 Å². The molecule has 1 aromatic rings. The SMILES string of the molecule is CCOC(CCN(C)c1ccccc1C#N)OCC. The highest BCUT2D eigenvalue weighted by Gasteiger charge is 2.11. The van der Waals surface area contributed by atoms with Crippen LogP contribution in [0.1, 0.15) is 25.8 Å². The Hall–Kier alpha value is -1.57. The quantitative estimate of drug-likeness (QED) is 0.676. The summed E-state index contributed by atoms with van der Waals surface area (Å²) in [5.41, 5.74) is 1.63. The zero-order valence-electron chi connectivity index (χ0n) is 11.9. The van der Waals surface area contributed by atoms with Crippen molar-refractivity contribution in [1.29, 1.82) is 5.26 Å². The van der Waals surface area contributed by atoms with Gasteiger partial charge < -0.3 is 14.4 Å². The topological polar surface area (TPSA) is 45.5 Å². The predicted octanol–water partition coefficient (Wildman–Crippen LogP) is 2.78. The molecule has 0 heterocycles. The number of para-hydroxylation sites is 1. The number of rotatable bonds is 8. The maximum Gasteiger partial charge on any atom is 0.159 e. The van der Waals surface area contributed by atoms with Crippen LogP contribution in [0.15, 0.2) is 24.3 Å². The standard InChI is InChI=1S/C15H22N2O2/c1-4-18-15(19-5-2)10-11-17(3)14-9-7-6-8-13(14)12-16/h6-9,15H,4-5,10-11H2,1-3H3. The highest BCUT2D eigenvalue weighted by Crippen LogP contribution is 2.18. The van der Waals surface area contributed by atoms with Gasteiger partial charge in [0.05, 0.1) is 11.3 Å².